The summed E-state index contributed by atoms with van der Waals surface area (Å²) < 4.78 is 29.2. The predicted octanol–water partition coefficient (Wildman–Crippen LogP) is 11.7. The van der Waals surface area contributed by atoms with Gasteiger partial charge in [-0.15, -0.1) is 0 Å². The van der Waals surface area contributed by atoms with Gasteiger partial charge >= 0.3 is 29.8 Å². The maximum Gasteiger partial charge on any atom is 0.341 e. The van der Waals surface area contributed by atoms with Crippen LogP contribution in [0, 0.1) is 39.4 Å². The number of aliphatic carboxylic acids is 3. The lowest BCUT2D eigenvalue weighted by Gasteiger charge is -2.39. The van der Waals surface area contributed by atoms with Crippen molar-refractivity contribution < 1.29 is 68.5 Å². The zero-order chi connectivity index (χ0) is 106. The molecule has 3 saturated carbocycles. The van der Waals surface area contributed by atoms with Gasteiger partial charge in [0.1, 0.15) is 44.6 Å². The van der Waals surface area contributed by atoms with Crippen LogP contribution in [0.5, 0.6) is 5.75 Å². The number of anilines is 10. The molecular formula is C110H135FN20O18. The van der Waals surface area contributed by atoms with Crippen LogP contribution in [0.2, 0.25) is 0 Å². The zero-order valence-electron chi connectivity index (χ0n) is 85.9. The van der Waals surface area contributed by atoms with E-state index >= 15 is 4.39 Å². The van der Waals surface area contributed by atoms with E-state index in [4.69, 9.17) is 34.9 Å². The van der Waals surface area contributed by atoms with Crippen molar-refractivity contribution in [3.63, 3.8) is 0 Å². The summed E-state index contributed by atoms with van der Waals surface area (Å²) in [4.78, 5) is 179. The topological polar surface area (TPSA) is 511 Å². The predicted molar refractivity (Wildman–Crippen MR) is 569 cm³/mol. The van der Waals surface area contributed by atoms with Crippen LogP contribution in [0.1, 0.15) is 256 Å². The Labute approximate surface area is 859 Å². The minimum Gasteiger partial charge on any atom is -0.493 e. The summed E-state index contributed by atoms with van der Waals surface area (Å²) in [6.07, 6.45) is 23.6. The number of hydrogen-bond donors (Lipinski definition) is 11. The minimum absolute atomic E-state index is 0.0752. The molecule has 5 aromatic heterocycles. The number of ether oxygens (including phenoxy) is 2. The molecule has 1 unspecified atom stereocenters. The Morgan fingerprint density at radius 2 is 0.879 bits per heavy atom. The van der Waals surface area contributed by atoms with Crippen molar-refractivity contribution in [1.29, 1.82) is 0 Å². The van der Waals surface area contributed by atoms with E-state index in [0.717, 1.165) is 171 Å². The Hall–Kier alpha value is -14.7. The van der Waals surface area contributed by atoms with Gasteiger partial charge in [-0.25, -0.2) is 49.1 Å². The number of rotatable bonds is 41. The number of benzene rings is 5. The molecule has 790 valence electrons. The van der Waals surface area contributed by atoms with Crippen LogP contribution in [0.15, 0.2) is 111 Å². The molecule has 39 heteroatoms. The number of pyridine rings is 1. The smallest absolute Gasteiger partial charge is 0.341 e. The molecule has 10 heterocycles. The number of carboxylic acid groups (broad SMARTS) is 4. The van der Waals surface area contributed by atoms with Crippen LogP contribution in [0.25, 0.3) is 37.2 Å². The highest BCUT2D eigenvalue weighted by Crippen LogP contribution is 2.49. The molecule has 3 aliphatic carbocycles. The molecule has 0 radical (unpaired) electrons. The molecule has 38 nitrogen and oxygen atoms in total. The maximum atomic E-state index is 15.7. The van der Waals surface area contributed by atoms with Gasteiger partial charge in [-0.3, -0.25) is 43.2 Å². The summed E-state index contributed by atoms with van der Waals surface area (Å²) >= 11 is 0. The standard InChI is InChI=1S/C40H46FN7O6.C25H32N4O4.C23H31N5O5.C22H26N4O3/c1-23-18-29-33(47(37-35(44-29)38(51)43-24(2)42-37)13-9-7-6-8-10-34(49)54-40(3,4)5)20-30(23)45-14-16-46(17-15-45)32-21-31-26(19-28(32)41)36(50)27(39(52)53)22-48(31)25-11-12-25;1-16-13-19-20(14-21(16)33-15-18-9-6-7-10-18)29(12-8-4-3-5-11-22(30)31)24-23(28-19)25(32)27-17(2)26-24;1-14-9-18-19(10-16(14)11-24-12-17(30)13-29)28(8-6-4-3-5-7-20(31)32)22-21(27-18)23(33)26-15(2)25-22;1-13-11-17-18(12-16(13)15-8-9-15)26(10-6-4-3-5-7-19(27)28)21-20(25-17)22(29)24-14(2)23-21/h18-22,25H,2,6-17H2,1,3-5H3,(H,43,51)(H,52,53);13-14,18H,2-12,15H2,1H3,(H,27,32)(H,30,31);9-10,17,24,29-30H,2-8,11-13H2,1H3,(H,26,33)(H,31,32);11-12,15H,2-10H2,1H3,(H,24,29)(H,27,28). The molecule has 10 aromatic rings. The molecule has 0 amide bonds. The molecular weight excluding hydrogens is 1910 g/mol. The number of aromatic nitrogens is 9. The number of piperazine rings is 1. The molecule has 8 aliphatic rings. The number of aryl methyl sites for hydroxylation is 4. The number of aliphatic hydroxyl groups excluding tert-OH is 2. The first-order valence-corrected chi connectivity index (χ1v) is 51.8. The van der Waals surface area contributed by atoms with Crippen molar-refractivity contribution in [1.82, 2.24) is 49.8 Å². The number of carbonyl (C=O) groups is 5. The van der Waals surface area contributed by atoms with E-state index in [1.807, 2.05) is 96.0 Å². The molecule has 18 rings (SSSR count). The Kier molecular flexibility index (Phi) is 35.3. The van der Waals surface area contributed by atoms with Gasteiger partial charge in [0, 0.05) is 121 Å². The van der Waals surface area contributed by atoms with Crippen molar-refractivity contribution in [3.8, 4) is 5.75 Å². The first-order chi connectivity index (χ1) is 71.3. The van der Waals surface area contributed by atoms with Gasteiger partial charge in [0.15, 0.2) is 44.7 Å². The number of esters is 1. The molecule has 0 spiro atoms. The third-order valence-electron chi connectivity index (χ3n) is 27.8. The molecule has 5 aliphatic heterocycles. The van der Waals surface area contributed by atoms with Gasteiger partial charge in [0.25, 0.3) is 22.2 Å². The van der Waals surface area contributed by atoms with E-state index in [0.29, 0.717) is 164 Å². The lowest BCUT2D eigenvalue weighted by Crippen LogP contribution is -2.47. The molecule has 149 heavy (non-hydrogen) atoms. The average Bonchev–Trinajstić information content (AvgIpc) is 1.73. The van der Waals surface area contributed by atoms with Crippen LogP contribution < -0.4 is 110 Å². The fourth-order valence-electron chi connectivity index (χ4n) is 19.9. The second kappa shape index (κ2) is 48.5. The maximum absolute atomic E-state index is 15.7. The van der Waals surface area contributed by atoms with Crippen LogP contribution in [-0.2, 0) is 30.5 Å². The molecule has 1 saturated heterocycles. The van der Waals surface area contributed by atoms with E-state index in [2.05, 4.69) is 121 Å². The van der Waals surface area contributed by atoms with Gasteiger partial charge in [0.05, 0.1) is 76.0 Å². The van der Waals surface area contributed by atoms with Gasteiger partial charge in [-0.05, 0) is 238 Å². The highest BCUT2D eigenvalue weighted by molar-refractivity contribution is 5.94. The average molecular weight is 2040 g/mol. The summed E-state index contributed by atoms with van der Waals surface area (Å²) in [5, 5.41) is 58.9. The van der Waals surface area contributed by atoms with Crippen molar-refractivity contribution in [2.24, 2.45) is 25.9 Å². The zero-order valence-corrected chi connectivity index (χ0v) is 85.9. The van der Waals surface area contributed by atoms with Crippen LogP contribution >= 0.6 is 0 Å². The highest BCUT2D eigenvalue weighted by Gasteiger charge is 2.36. The Morgan fingerprint density at radius 3 is 1.30 bits per heavy atom. The van der Waals surface area contributed by atoms with E-state index in [-0.39, 0.29) is 99.3 Å². The fraction of sp³-hybridized carbons (Fsp3) is 0.473. The number of aromatic carboxylic acids is 1. The van der Waals surface area contributed by atoms with Crippen LogP contribution in [0.4, 0.5) is 84.5 Å². The number of halogens is 1. The van der Waals surface area contributed by atoms with E-state index < -0.39 is 46.8 Å². The number of aliphatic hydroxyl groups is 2. The van der Waals surface area contributed by atoms with E-state index in [9.17, 15) is 58.2 Å². The SMILES string of the molecule is C=c1nc2c(c(=O)[nH]1)=Nc1cc(C)c(C3CC3)cc1N2CCCCCCC(=O)O.C=c1nc2c(c(=O)[nH]1)=Nc1cc(C)c(CNCC(O)CO)cc1N2CCCCCCC(=O)O.C=c1nc2c(c(=O)[nH]1)=Nc1cc(C)c(N3CCN(c4cc5c(cc4F)c(=O)c(C(=O)O)cn5C4CC4)CC3)cc1N2CCCCCCC(=O)OC(C)(C)C.C=c1nc2c(c(=O)[nH]1)=Nc1cc(C)c(OCC3CCCC3)cc1N2CCCCCCC(=O)O. The third kappa shape index (κ3) is 27.3. The summed E-state index contributed by atoms with van der Waals surface area (Å²) in [5.74, 6) is -0.326. The Bertz CT molecular complexity index is 7570. The normalized spacial score (nSPS) is 14.8. The van der Waals surface area contributed by atoms with Crippen LogP contribution in [0.3, 0.4) is 0 Å². The van der Waals surface area contributed by atoms with Crippen molar-refractivity contribution in [2.45, 2.75) is 258 Å². The minimum atomic E-state index is -1.32. The lowest BCUT2D eigenvalue weighted by molar-refractivity contribution is -0.155. The summed E-state index contributed by atoms with van der Waals surface area (Å²) in [6.45, 7) is 34.8. The monoisotopic (exact) mass is 2040 g/mol. The molecule has 5 aromatic carbocycles. The van der Waals surface area contributed by atoms with Gasteiger partial charge < -0.3 is 99.3 Å². The second-order valence-electron chi connectivity index (χ2n) is 40.7. The molecule has 11 N–H and O–H groups in total. The number of carboxylic acids is 4. The number of aromatic amines is 4. The van der Waals surface area contributed by atoms with Gasteiger partial charge in [-0.2, -0.15) is 0 Å². The highest BCUT2D eigenvalue weighted by atomic mass is 19.1. The Balaban J connectivity index is 0.000000154. The first-order valence-electron chi connectivity index (χ1n) is 51.8. The number of nitrogens with one attached hydrogen (secondary N) is 5. The third-order valence-corrected chi connectivity index (χ3v) is 27.8. The number of H-pyrrole nitrogens is 4. The van der Waals surface area contributed by atoms with Crippen LogP contribution in [-0.4, -0.2) is 189 Å². The van der Waals surface area contributed by atoms with Crippen molar-refractivity contribution >= 4 is 147 Å². The van der Waals surface area contributed by atoms with Crippen molar-refractivity contribution in [3.05, 3.63) is 207 Å². The first kappa shape index (κ1) is 108. The lowest BCUT2D eigenvalue weighted by atomic mass is 10.0. The number of carbonyl (C=O) groups excluding carboxylic acids is 1. The molecule has 0 bridgehead atoms. The fourth-order valence-corrected chi connectivity index (χ4v) is 19.9. The molecule has 1 atom stereocenters. The number of hydrogen-bond acceptors (Lipinski definition) is 29. The Morgan fingerprint density at radius 1 is 0.477 bits per heavy atom. The summed E-state index contributed by atoms with van der Waals surface area (Å²) in [6, 6.07) is 19.2. The van der Waals surface area contributed by atoms with E-state index in [1.54, 1.807) is 6.07 Å². The molecule has 4 fully saturated rings. The summed E-state index contributed by atoms with van der Waals surface area (Å²) in [7, 11) is 0. The largest absolute Gasteiger partial charge is 0.493 e. The second-order valence-corrected chi connectivity index (χ2v) is 40.7. The van der Waals surface area contributed by atoms with Crippen molar-refractivity contribution in [2.75, 3.05) is 102 Å². The van der Waals surface area contributed by atoms with E-state index in [1.165, 1.54) is 61.9 Å². The summed E-state index contributed by atoms with van der Waals surface area (Å²) in [5.41, 5.74) is 13.2. The quantitative estimate of drug-likeness (QED) is 0.0125. The number of nitrogens with zero attached hydrogens (tertiary/aromatic N) is 15. The van der Waals surface area contributed by atoms with Gasteiger partial charge in [-0.1, -0.05) is 90.5 Å². The number of unbranched alkanes of at least 4 members (excludes halogenated alkanes) is 12. The van der Waals surface area contributed by atoms with Gasteiger partial charge in [0.2, 0.25) is 5.43 Å². The number of fused-ring (bicyclic) bond motifs is 9.